The molecule has 0 aromatic carbocycles. The second kappa shape index (κ2) is 6.99. The summed E-state index contributed by atoms with van der Waals surface area (Å²) in [6.07, 6.45) is 2.38. The van der Waals surface area contributed by atoms with E-state index in [1.165, 1.54) is 0 Å². The van der Waals surface area contributed by atoms with E-state index in [4.69, 9.17) is 10.5 Å². The van der Waals surface area contributed by atoms with Crippen LogP contribution in [0.2, 0.25) is 0 Å². The van der Waals surface area contributed by atoms with Gasteiger partial charge < -0.3 is 10.5 Å². The summed E-state index contributed by atoms with van der Waals surface area (Å²) in [6.45, 7) is 3.76. The van der Waals surface area contributed by atoms with Crippen LogP contribution in [0.4, 0.5) is 0 Å². The lowest BCUT2D eigenvalue weighted by molar-refractivity contribution is 0.0893. The van der Waals surface area contributed by atoms with Crippen molar-refractivity contribution in [3.63, 3.8) is 0 Å². The lowest BCUT2D eigenvalue weighted by Gasteiger charge is -2.10. The third-order valence-electron chi connectivity index (χ3n) is 1.42. The van der Waals surface area contributed by atoms with Crippen LogP contribution in [0.1, 0.15) is 19.8 Å². The van der Waals surface area contributed by atoms with Gasteiger partial charge in [-0.05, 0) is 32.9 Å². The lowest BCUT2D eigenvalue weighted by Crippen LogP contribution is -2.28. The highest BCUT2D eigenvalue weighted by Crippen LogP contribution is 1.85. The average molecular weight is 146 g/mol. The molecular weight excluding hydrogens is 128 g/mol. The molecule has 0 aliphatic heterocycles. The van der Waals surface area contributed by atoms with E-state index >= 15 is 0 Å². The van der Waals surface area contributed by atoms with Gasteiger partial charge in [0.2, 0.25) is 0 Å². The lowest BCUT2D eigenvalue weighted by atomic mass is 10.3. The summed E-state index contributed by atoms with van der Waals surface area (Å²) >= 11 is 0. The van der Waals surface area contributed by atoms with Crippen molar-refractivity contribution in [3.8, 4) is 0 Å². The molecule has 0 aliphatic rings. The Morgan fingerprint density at radius 1 is 1.50 bits per heavy atom. The van der Waals surface area contributed by atoms with E-state index in [1.807, 2.05) is 6.92 Å². The van der Waals surface area contributed by atoms with Crippen molar-refractivity contribution in [3.05, 3.63) is 0 Å². The fourth-order valence-corrected chi connectivity index (χ4v) is 0.658. The summed E-state index contributed by atoms with van der Waals surface area (Å²) in [5, 5.41) is 3.19. The quantitative estimate of drug-likeness (QED) is 0.419. The van der Waals surface area contributed by atoms with Crippen LogP contribution in [0.15, 0.2) is 0 Å². The van der Waals surface area contributed by atoms with Crippen molar-refractivity contribution in [2.75, 3.05) is 20.2 Å². The zero-order valence-corrected chi connectivity index (χ0v) is 6.89. The van der Waals surface area contributed by atoms with Gasteiger partial charge in [0.05, 0.1) is 0 Å². The number of methoxy groups -OCH3 is 1. The van der Waals surface area contributed by atoms with Gasteiger partial charge in [0.25, 0.3) is 0 Å². The third kappa shape index (κ3) is 6.01. The molecule has 0 rings (SSSR count). The number of rotatable bonds is 6. The van der Waals surface area contributed by atoms with Gasteiger partial charge in [-0.3, -0.25) is 5.32 Å². The number of nitrogens with one attached hydrogen (secondary N) is 1. The van der Waals surface area contributed by atoms with Gasteiger partial charge in [0.1, 0.15) is 6.23 Å². The van der Waals surface area contributed by atoms with Crippen molar-refractivity contribution in [2.24, 2.45) is 5.73 Å². The summed E-state index contributed by atoms with van der Waals surface area (Å²) in [5.74, 6) is 0. The van der Waals surface area contributed by atoms with E-state index in [0.717, 1.165) is 25.9 Å². The van der Waals surface area contributed by atoms with E-state index in [-0.39, 0.29) is 6.23 Å². The number of ether oxygens (including phenoxy) is 1. The zero-order valence-electron chi connectivity index (χ0n) is 6.89. The van der Waals surface area contributed by atoms with Gasteiger partial charge in [-0.2, -0.15) is 0 Å². The Kier molecular flexibility index (Phi) is 6.91. The first kappa shape index (κ1) is 9.88. The molecule has 3 heteroatoms. The maximum absolute atomic E-state index is 5.32. The van der Waals surface area contributed by atoms with Crippen LogP contribution in [-0.4, -0.2) is 26.4 Å². The highest BCUT2D eigenvalue weighted by Gasteiger charge is 1.94. The number of unbranched alkanes of at least 4 members (excludes halogenated alkanes) is 1. The summed E-state index contributed by atoms with van der Waals surface area (Å²) < 4.78 is 4.99. The van der Waals surface area contributed by atoms with Gasteiger partial charge in [0.15, 0.2) is 0 Å². The first-order valence-corrected chi connectivity index (χ1v) is 3.77. The Hall–Kier alpha value is -0.120. The maximum Gasteiger partial charge on any atom is 0.104 e. The fraction of sp³-hybridized carbons (Fsp3) is 1.00. The van der Waals surface area contributed by atoms with Gasteiger partial charge in [-0.1, -0.05) is 0 Å². The molecule has 3 nitrogen and oxygen atoms in total. The minimum Gasteiger partial charge on any atom is -0.367 e. The zero-order chi connectivity index (χ0) is 7.82. The Labute approximate surface area is 62.9 Å². The normalized spacial score (nSPS) is 13.5. The first-order chi connectivity index (χ1) is 4.81. The van der Waals surface area contributed by atoms with Crippen molar-refractivity contribution < 1.29 is 4.74 Å². The predicted octanol–water partition coefficient (Wildman–Crippen LogP) is 0.307. The minimum atomic E-state index is 0.165. The van der Waals surface area contributed by atoms with E-state index in [0.29, 0.717) is 0 Å². The number of hydrogen-bond donors (Lipinski definition) is 2. The molecule has 1 atom stereocenters. The van der Waals surface area contributed by atoms with E-state index in [2.05, 4.69) is 5.32 Å². The highest BCUT2D eigenvalue weighted by atomic mass is 16.5. The molecule has 0 radical (unpaired) electrons. The molecule has 0 aromatic heterocycles. The number of hydrogen-bond acceptors (Lipinski definition) is 3. The van der Waals surface area contributed by atoms with Gasteiger partial charge in [-0.25, -0.2) is 0 Å². The first-order valence-electron chi connectivity index (χ1n) is 3.77. The molecule has 0 bridgehead atoms. The molecule has 10 heavy (non-hydrogen) atoms. The molecule has 0 saturated heterocycles. The summed E-state index contributed by atoms with van der Waals surface area (Å²) in [4.78, 5) is 0. The highest BCUT2D eigenvalue weighted by molar-refractivity contribution is 4.48. The molecule has 62 valence electrons. The van der Waals surface area contributed by atoms with Crippen molar-refractivity contribution >= 4 is 0 Å². The van der Waals surface area contributed by atoms with Crippen LogP contribution in [0.5, 0.6) is 0 Å². The van der Waals surface area contributed by atoms with Crippen molar-refractivity contribution in [1.29, 1.82) is 0 Å². The molecule has 0 aromatic rings. The van der Waals surface area contributed by atoms with Crippen LogP contribution in [0.3, 0.4) is 0 Å². The topological polar surface area (TPSA) is 47.3 Å². The Bertz CT molecular complexity index is 68.6. The Morgan fingerprint density at radius 2 is 2.20 bits per heavy atom. The summed E-state index contributed by atoms with van der Waals surface area (Å²) in [6, 6.07) is 0. The van der Waals surface area contributed by atoms with Crippen LogP contribution in [0.25, 0.3) is 0 Å². The smallest absolute Gasteiger partial charge is 0.104 e. The molecule has 0 heterocycles. The van der Waals surface area contributed by atoms with E-state index < -0.39 is 0 Å². The molecule has 1 unspecified atom stereocenters. The molecule has 0 spiro atoms. The standard InChI is InChI=1S/C7H18N2O/c1-7(10-2)9-6-4-3-5-8/h7,9H,3-6,8H2,1-2H3. The van der Waals surface area contributed by atoms with Gasteiger partial charge >= 0.3 is 0 Å². The Balaban J connectivity index is 2.89. The minimum absolute atomic E-state index is 0.165. The second-order valence-electron chi connectivity index (χ2n) is 2.33. The largest absolute Gasteiger partial charge is 0.367 e. The monoisotopic (exact) mass is 146 g/mol. The average Bonchev–Trinajstić information content (AvgIpc) is 1.98. The van der Waals surface area contributed by atoms with Crippen LogP contribution in [0, 0.1) is 0 Å². The Morgan fingerprint density at radius 3 is 2.70 bits per heavy atom. The van der Waals surface area contributed by atoms with Crippen LogP contribution in [-0.2, 0) is 4.74 Å². The fourth-order valence-electron chi connectivity index (χ4n) is 0.658. The third-order valence-corrected chi connectivity index (χ3v) is 1.42. The maximum atomic E-state index is 5.32. The summed E-state index contributed by atoms with van der Waals surface area (Å²) in [5.41, 5.74) is 5.32. The van der Waals surface area contributed by atoms with Crippen LogP contribution >= 0.6 is 0 Å². The number of nitrogens with two attached hydrogens (primary N) is 1. The van der Waals surface area contributed by atoms with E-state index in [1.54, 1.807) is 7.11 Å². The molecular formula is C7H18N2O. The van der Waals surface area contributed by atoms with Crippen LogP contribution < -0.4 is 11.1 Å². The van der Waals surface area contributed by atoms with Gasteiger partial charge in [-0.15, -0.1) is 0 Å². The molecule has 3 N–H and O–H groups in total. The molecule has 0 amide bonds. The van der Waals surface area contributed by atoms with E-state index in [9.17, 15) is 0 Å². The van der Waals surface area contributed by atoms with Crippen molar-refractivity contribution in [1.82, 2.24) is 5.32 Å². The molecule has 0 saturated carbocycles. The van der Waals surface area contributed by atoms with Gasteiger partial charge in [0, 0.05) is 7.11 Å². The second-order valence-corrected chi connectivity index (χ2v) is 2.33. The SMILES string of the molecule is COC(C)NCCCCN. The molecule has 0 aliphatic carbocycles. The van der Waals surface area contributed by atoms with Crippen molar-refractivity contribution in [2.45, 2.75) is 26.0 Å². The predicted molar refractivity (Wildman–Crippen MR) is 42.8 cm³/mol. The molecule has 0 fully saturated rings. The summed E-state index contributed by atoms with van der Waals surface area (Å²) in [7, 11) is 1.70.